The van der Waals surface area contributed by atoms with Gasteiger partial charge in [-0.05, 0) is 23.3 Å². The Kier molecular flexibility index (Phi) is 4.09. The van der Waals surface area contributed by atoms with E-state index in [1.54, 1.807) is 6.07 Å². The first-order valence-corrected chi connectivity index (χ1v) is 8.24. The van der Waals surface area contributed by atoms with Crippen molar-refractivity contribution in [3.05, 3.63) is 96.1 Å². The molecule has 0 radical (unpaired) electrons. The normalized spacial score (nSPS) is 12.2. The van der Waals surface area contributed by atoms with Crippen LogP contribution in [0.25, 0.3) is 10.9 Å². The summed E-state index contributed by atoms with van der Waals surface area (Å²) in [6.45, 7) is 0.510. The molecule has 1 atom stereocenters. The predicted molar refractivity (Wildman–Crippen MR) is 97.6 cm³/mol. The van der Waals surface area contributed by atoms with Gasteiger partial charge in [0, 0.05) is 29.6 Å². The minimum absolute atomic E-state index is 0.0631. The molecule has 124 valence electrons. The van der Waals surface area contributed by atoms with E-state index in [1.165, 1.54) is 29.0 Å². The number of aromatic amines is 1. The number of hydrogen-bond acceptors (Lipinski definition) is 2. The van der Waals surface area contributed by atoms with E-state index in [1.807, 2.05) is 36.5 Å². The van der Waals surface area contributed by atoms with Crippen molar-refractivity contribution in [2.75, 3.05) is 6.54 Å². The fourth-order valence-corrected chi connectivity index (χ4v) is 3.17. The van der Waals surface area contributed by atoms with Gasteiger partial charge in [-0.2, -0.15) is 0 Å². The Balaban J connectivity index is 1.66. The predicted octanol–water partition coefficient (Wildman–Crippen LogP) is 4.32. The summed E-state index contributed by atoms with van der Waals surface area (Å²) in [5, 5.41) is 4.20. The highest BCUT2D eigenvalue weighted by Crippen LogP contribution is 2.30. The molecule has 4 rings (SSSR count). The van der Waals surface area contributed by atoms with Crippen molar-refractivity contribution < 1.29 is 9.21 Å². The van der Waals surface area contributed by atoms with Crippen LogP contribution in [0.1, 0.15) is 27.4 Å². The van der Waals surface area contributed by atoms with Crippen LogP contribution >= 0.6 is 0 Å². The van der Waals surface area contributed by atoms with E-state index in [9.17, 15) is 4.79 Å². The van der Waals surface area contributed by atoms with E-state index in [4.69, 9.17) is 4.42 Å². The van der Waals surface area contributed by atoms with Crippen LogP contribution in [0.5, 0.6) is 0 Å². The number of rotatable bonds is 5. The van der Waals surface area contributed by atoms with Crippen molar-refractivity contribution in [2.24, 2.45) is 0 Å². The Labute approximate surface area is 145 Å². The van der Waals surface area contributed by atoms with Gasteiger partial charge in [-0.1, -0.05) is 48.5 Å². The fourth-order valence-electron chi connectivity index (χ4n) is 3.17. The second-order valence-electron chi connectivity index (χ2n) is 5.97. The lowest BCUT2D eigenvalue weighted by Crippen LogP contribution is -2.28. The molecule has 0 aliphatic rings. The molecule has 4 aromatic rings. The van der Waals surface area contributed by atoms with Gasteiger partial charge < -0.3 is 14.7 Å². The van der Waals surface area contributed by atoms with Crippen LogP contribution in [-0.4, -0.2) is 17.4 Å². The van der Waals surface area contributed by atoms with Gasteiger partial charge in [-0.25, -0.2) is 0 Å². The SMILES string of the molecule is O=C(NCC(c1ccccc1)c1c[nH]c2ccccc12)c1ccoc1. The average molecular weight is 330 g/mol. The molecule has 2 aromatic carbocycles. The first-order chi connectivity index (χ1) is 12.3. The zero-order valence-corrected chi connectivity index (χ0v) is 13.6. The van der Waals surface area contributed by atoms with E-state index in [0.717, 1.165) is 5.52 Å². The lowest BCUT2D eigenvalue weighted by Gasteiger charge is -2.18. The van der Waals surface area contributed by atoms with Gasteiger partial charge in [0.1, 0.15) is 6.26 Å². The lowest BCUT2D eigenvalue weighted by molar-refractivity contribution is 0.0952. The molecule has 0 aliphatic carbocycles. The van der Waals surface area contributed by atoms with E-state index in [0.29, 0.717) is 12.1 Å². The van der Waals surface area contributed by atoms with Crippen LogP contribution in [0.15, 0.2) is 83.8 Å². The number of carbonyl (C=O) groups is 1. The fraction of sp³-hybridized carbons (Fsp3) is 0.0952. The minimum atomic E-state index is -0.130. The molecule has 0 bridgehead atoms. The van der Waals surface area contributed by atoms with Gasteiger partial charge in [0.15, 0.2) is 0 Å². The summed E-state index contributed by atoms with van der Waals surface area (Å²) in [6, 6.07) is 20.1. The molecule has 1 amide bonds. The molecule has 25 heavy (non-hydrogen) atoms. The number of carbonyl (C=O) groups excluding carboxylic acids is 1. The number of amides is 1. The molecule has 2 aromatic heterocycles. The zero-order valence-electron chi connectivity index (χ0n) is 13.6. The van der Waals surface area contributed by atoms with Crippen LogP contribution in [-0.2, 0) is 0 Å². The second-order valence-corrected chi connectivity index (χ2v) is 5.97. The van der Waals surface area contributed by atoms with Crippen molar-refractivity contribution in [2.45, 2.75) is 5.92 Å². The molecule has 4 nitrogen and oxygen atoms in total. The molecule has 0 aliphatic heterocycles. The monoisotopic (exact) mass is 330 g/mol. The van der Waals surface area contributed by atoms with Crippen LogP contribution in [0.4, 0.5) is 0 Å². The summed E-state index contributed by atoms with van der Waals surface area (Å²) < 4.78 is 4.99. The molecule has 0 spiro atoms. The van der Waals surface area contributed by atoms with Gasteiger partial charge in [-0.3, -0.25) is 4.79 Å². The van der Waals surface area contributed by atoms with Crippen molar-refractivity contribution in [1.29, 1.82) is 0 Å². The van der Waals surface area contributed by atoms with Gasteiger partial charge >= 0.3 is 0 Å². The van der Waals surface area contributed by atoms with Crippen molar-refractivity contribution >= 4 is 16.8 Å². The van der Waals surface area contributed by atoms with Gasteiger partial charge in [0.25, 0.3) is 5.91 Å². The summed E-state index contributed by atoms with van der Waals surface area (Å²) >= 11 is 0. The smallest absolute Gasteiger partial charge is 0.254 e. The van der Waals surface area contributed by atoms with Crippen molar-refractivity contribution in [3.63, 3.8) is 0 Å². The molecule has 1 unspecified atom stereocenters. The van der Waals surface area contributed by atoms with Crippen LogP contribution < -0.4 is 5.32 Å². The number of aromatic nitrogens is 1. The van der Waals surface area contributed by atoms with E-state index >= 15 is 0 Å². The summed E-state index contributed by atoms with van der Waals surface area (Å²) in [4.78, 5) is 15.6. The Hall–Kier alpha value is -3.27. The number of hydrogen-bond donors (Lipinski definition) is 2. The third-order valence-corrected chi connectivity index (χ3v) is 4.45. The minimum Gasteiger partial charge on any atom is -0.472 e. The number of para-hydroxylation sites is 1. The van der Waals surface area contributed by atoms with Crippen molar-refractivity contribution in [1.82, 2.24) is 10.3 Å². The number of benzene rings is 2. The number of nitrogens with one attached hydrogen (secondary N) is 2. The Morgan fingerprint density at radius 2 is 1.84 bits per heavy atom. The largest absolute Gasteiger partial charge is 0.472 e. The van der Waals surface area contributed by atoms with Crippen LogP contribution in [0, 0.1) is 0 Å². The summed E-state index contributed by atoms with van der Waals surface area (Å²) in [6.07, 6.45) is 4.99. The number of furan rings is 1. The van der Waals surface area contributed by atoms with Crippen LogP contribution in [0.2, 0.25) is 0 Å². The highest BCUT2D eigenvalue weighted by molar-refractivity contribution is 5.94. The Bertz CT molecular complexity index is 971. The van der Waals surface area contributed by atoms with E-state index < -0.39 is 0 Å². The molecule has 2 N–H and O–H groups in total. The first-order valence-electron chi connectivity index (χ1n) is 8.24. The van der Waals surface area contributed by atoms with Crippen molar-refractivity contribution in [3.8, 4) is 0 Å². The average Bonchev–Trinajstić information content (AvgIpc) is 3.33. The number of fused-ring (bicyclic) bond motifs is 1. The molecule has 0 fully saturated rings. The van der Waals surface area contributed by atoms with E-state index in [2.05, 4.69) is 34.6 Å². The molecule has 4 heteroatoms. The molecule has 0 saturated heterocycles. The Morgan fingerprint density at radius 3 is 2.64 bits per heavy atom. The third-order valence-electron chi connectivity index (χ3n) is 4.45. The van der Waals surface area contributed by atoms with Gasteiger partial charge in [-0.15, -0.1) is 0 Å². The lowest BCUT2D eigenvalue weighted by atomic mass is 9.91. The van der Waals surface area contributed by atoms with E-state index in [-0.39, 0.29) is 11.8 Å². The highest BCUT2D eigenvalue weighted by atomic mass is 16.3. The van der Waals surface area contributed by atoms with Gasteiger partial charge in [0.2, 0.25) is 0 Å². The molecule has 2 heterocycles. The summed E-state index contributed by atoms with van der Waals surface area (Å²) in [5.74, 6) is -0.0669. The van der Waals surface area contributed by atoms with Gasteiger partial charge in [0.05, 0.1) is 11.8 Å². The maximum Gasteiger partial charge on any atom is 0.254 e. The standard InChI is InChI=1S/C21H18N2O2/c24-21(16-10-11-25-14-16)23-12-18(15-6-2-1-3-7-15)19-13-22-20-9-5-4-8-17(19)20/h1-11,13-14,18,22H,12H2,(H,23,24). The second kappa shape index (κ2) is 6.69. The molecular weight excluding hydrogens is 312 g/mol. The molecular formula is C21H18N2O2. The first kappa shape index (κ1) is 15.3. The summed E-state index contributed by atoms with van der Waals surface area (Å²) in [5.41, 5.74) is 3.97. The number of H-pyrrole nitrogens is 1. The quantitative estimate of drug-likeness (QED) is 0.572. The summed E-state index contributed by atoms with van der Waals surface area (Å²) in [7, 11) is 0. The maximum absolute atomic E-state index is 12.3. The maximum atomic E-state index is 12.3. The van der Waals surface area contributed by atoms with Crippen LogP contribution in [0.3, 0.4) is 0 Å². The molecule has 0 saturated carbocycles. The Morgan fingerprint density at radius 1 is 1.04 bits per heavy atom. The third kappa shape index (κ3) is 3.06. The topological polar surface area (TPSA) is 58.0 Å². The zero-order chi connectivity index (χ0) is 17.1. The highest BCUT2D eigenvalue weighted by Gasteiger charge is 2.19.